The van der Waals surface area contributed by atoms with Crippen molar-refractivity contribution < 1.29 is 0 Å². The van der Waals surface area contributed by atoms with Gasteiger partial charge in [-0.1, -0.05) is 37.3 Å². The quantitative estimate of drug-likeness (QED) is 0.768. The molecule has 2 aromatic rings. The number of aromatic nitrogens is 2. The first-order chi connectivity index (χ1) is 10.5. The van der Waals surface area contributed by atoms with Crippen molar-refractivity contribution in [1.82, 2.24) is 14.3 Å². The minimum atomic E-state index is 0.0614. The van der Waals surface area contributed by atoms with E-state index >= 15 is 0 Å². The lowest BCUT2D eigenvalue weighted by Gasteiger charge is -2.19. The van der Waals surface area contributed by atoms with Crippen LogP contribution in [0.2, 0.25) is 0 Å². The molecule has 22 heavy (non-hydrogen) atoms. The summed E-state index contributed by atoms with van der Waals surface area (Å²) in [5, 5.41) is 0. The molecule has 0 spiro atoms. The van der Waals surface area contributed by atoms with E-state index in [1.54, 1.807) is 4.68 Å². The van der Waals surface area contributed by atoms with Gasteiger partial charge in [0.15, 0.2) is 0 Å². The number of para-hydroxylation sites is 1. The number of hydrogen-bond donors (Lipinski definition) is 0. The van der Waals surface area contributed by atoms with Crippen molar-refractivity contribution in [1.29, 1.82) is 0 Å². The first-order valence-electron chi connectivity index (χ1n) is 7.65. The fourth-order valence-electron chi connectivity index (χ4n) is 2.69. The second kappa shape index (κ2) is 6.79. The summed E-state index contributed by atoms with van der Waals surface area (Å²) < 4.78 is 3.67. The van der Waals surface area contributed by atoms with Crippen LogP contribution >= 0.6 is 0 Å². The molecule has 0 atom stereocenters. The fourth-order valence-corrected chi connectivity index (χ4v) is 2.69. The second-order valence-electron chi connectivity index (χ2n) is 5.80. The summed E-state index contributed by atoms with van der Waals surface area (Å²) in [5.41, 5.74) is 3.93. The zero-order valence-electron chi connectivity index (χ0n) is 14.0. The molecule has 2 rings (SSSR count). The zero-order chi connectivity index (χ0) is 16.3. The standard InChI is InChI=1S/C18H25N3O/c1-6-20(12-14(2)3)13-17-15(4)19(5)21(18(17)22)16-10-8-7-9-11-16/h7-11H,2,6,12-13H2,1,3-5H3. The summed E-state index contributed by atoms with van der Waals surface area (Å²) in [7, 11) is 1.93. The Morgan fingerprint density at radius 1 is 1.27 bits per heavy atom. The summed E-state index contributed by atoms with van der Waals surface area (Å²) in [6, 6.07) is 9.76. The van der Waals surface area contributed by atoms with Gasteiger partial charge in [0.2, 0.25) is 0 Å². The third-order valence-electron chi connectivity index (χ3n) is 4.00. The maximum atomic E-state index is 12.8. The second-order valence-corrected chi connectivity index (χ2v) is 5.80. The minimum absolute atomic E-state index is 0.0614. The molecule has 1 aromatic carbocycles. The number of rotatable bonds is 6. The summed E-state index contributed by atoms with van der Waals surface area (Å²) in [4.78, 5) is 15.1. The van der Waals surface area contributed by atoms with Crippen molar-refractivity contribution in [2.24, 2.45) is 7.05 Å². The minimum Gasteiger partial charge on any atom is -0.295 e. The SMILES string of the molecule is C=C(C)CN(CC)Cc1c(C)n(C)n(-c2ccccc2)c1=O. The topological polar surface area (TPSA) is 30.2 Å². The fraction of sp³-hybridized carbons (Fsp3) is 0.389. The average Bonchev–Trinajstić information content (AvgIpc) is 2.70. The number of benzene rings is 1. The van der Waals surface area contributed by atoms with Crippen LogP contribution in [0, 0.1) is 6.92 Å². The third-order valence-corrected chi connectivity index (χ3v) is 4.00. The van der Waals surface area contributed by atoms with Crippen LogP contribution < -0.4 is 5.56 Å². The van der Waals surface area contributed by atoms with Crippen molar-refractivity contribution in [3.63, 3.8) is 0 Å². The van der Waals surface area contributed by atoms with Crippen molar-refractivity contribution in [3.8, 4) is 5.69 Å². The molecule has 0 saturated heterocycles. The molecule has 118 valence electrons. The average molecular weight is 299 g/mol. The molecule has 0 bridgehead atoms. The van der Waals surface area contributed by atoms with Crippen LogP contribution in [0.4, 0.5) is 0 Å². The Hall–Kier alpha value is -2.07. The van der Waals surface area contributed by atoms with Gasteiger partial charge in [-0.2, -0.15) is 0 Å². The van der Waals surface area contributed by atoms with Gasteiger partial charge >= 0.3 is 0 Å². The van der Waals surface area contributed by atoms with Gasteiger partial charge in [0.1, 0.15) is 0 Å². The molecule has 0 N–H and O–H groups in total. The van der Waals surface area contributed by atoms with Crippen molar-refractivity contribution in [2.45, 2.75) is 27.3 Å². The molecule has 1 heterocycles. The molecule has 4 nitrogen and oxygen atoms in total. The summed E-state index contributed by atoms with van der Waals surface area (Å²) in [5.74, 6) is 0. The number of nitrogens with zero attached hydrogens (tertiary/aromatic N) is 3. The summed E-state index contributed by atoms with van der Waals surface area (Å²) in [6.45, 7) is 12.5. The Kier molecular flexibility index (Phi) is 5.03. The van der Waals surface area contributed by atoms with Crippen LogP contribution in [-0.2, 0) is 13.6 Å². The Morgan fingerprint density at radius 3 is 2.45 bits per heavy atom. The predicted octanol–water partition coefficient (Wildman–Crippen LogP) is 2.88. The highest BCUT2D eigenvalue weighted by atomic mass is 16.1. The van der Waals surface area contributed by atoms with Crippen LogP contribution in [0.15, 0.2) is 47.3 Å². The molecular weight excluding hydrogens is 274 g/mol. The van der Waals surface area contributed by atoms with Gasteiger partial charge in [-0.25, -0.2) is 4.68 Å². The van der Waals surface area contributed by atoms with E-state index in [0.717, 1.165) is 35.6 Å². The monoisotopic (exact) mass is 299 g/mol. The van der Waals surface area contributed by atoms with Gasteiger partial charge in [-0.05, 0) is 32.5 Å². The maximum absolute atomic E-state index is 12.8. The van der Waals surface area contributed by atoms with Gasteiger partial charge in [0, 0.05) is 25.8 Å². The van der Waals surface area contributed by atoms with Crippen LogP contribution in [0.5, 0.6) is 0 Å². The van der Waals surface area contributed by atoms with Crippen LogP contribution in [-0.4, -0.2) is 27.4 Å². The lowest BCUT2D eigenvalue weighted by atomic mass is 10.2. The van der Waals surface area contributed by atoms with E-state index in [9.17, 15) is 4.79 Å². The molecule has 0 saturated carbocycles. The van der Waals surface area contributed by atoms with E-state index < -0.39 is 0 Å². The Labute approximate surface area is 132 Å². The van der Waals surface area contributed by atoms with Gasteiger partial charge in [-0.3, -0.25) is 14.4 Å². The van der Waals surface area contributed by atoms with E-state index in [4.69, 9.17) is 0 Å². The Balaban J connectivity index is 2.42. The van der Waals surface area contributed by atoms with Crippen molar-refractivity contribution in [2.75, 3.05) is 13.1 Å². The van der Waals surface area contributed by atoms with Crippen LogP contribution in [0.25, 0.3) is 5.69 Å². The van der Waals surface area contributed by atoms with Gasteiger partial charge in [0.25, 0.3) is 5.56 Å². The van der Waals surface area contributed by atoms with Crippen LogP contribution in [0.1, 0.15) is 25.1 Å². The first kappa shape index (κ1) is 16.3. The third kappa shape index (κ3) is 3.22. The molecular formula is C18H25N3O. The smallest absolute Gasteiger partial charge is 0.276 e. The lowest BCUT2D eigenvalue weighted by molar-refractivity contribution is 0.303. The van der Waals surface area contributed by atoms with E-state index in [0.29, 0.717) is 6.54 Å². The van der Waals surface area contributed by atoms with E-state index in [1.807, 2.05) is 55.9 Å². The Morgan fingerprint density at radius 2 is 1.91 bits per heavy atom. The molecule has 0 fully saturated rings. The van der Waals surface area contributed by atoms with Gasteiger partial charge in [-0.15, -0.1) is 0 Å². The molecule has 1 aromatic heterocycles. The molecule has 0 amide bonds. The van der Waals surface area contributed by atoms with E-state index in [2.05, 4.69) is 18.4 Å². The zero-order valence-corrected chi connectivity index (χ0v) is 14.0. The largest absolute Gasteiger partial charge is 0.295 e. The highest BCUT2D eigenvalue weighted by molar-refractivity contribution is 5.33. The lowest BCUT2D eigenvalue weighted by Crippen LogP contribution is -2.28. The normalized spacial score (nSPS) is 11.1. The molecule has 0 aliphatic carbocycles. The highest BCUT2D eigenvalue weighted by Crippen LogP contribution is 2.12. The van der Waals surface area contributed by atoms with Gasteiger partial charge < -0.3 is 0 Å². The van der Waals surface area contributed by atoms with E-state index in [1.165, 1.54) is 0 Å². The maximum Gasteiger partial charge on any atom is 0.276 e. The molecule has 4 heteroatoms. The van der Waals surface area contributed by atoms with Crippen molar-refractivity contribution >= 4 is 0 Å². The summed E-state index contributed by atoms with van der Waals surface area (Å²) >= 11 is 0. The number of likely N-dealkylation sites (N-methyl/N-ethyl adjacent to an activating group) is 1. The molecule has 0 unspecified atom stereocenters. The van der Waals surface area contributed by atoms with Gasteiger partial charge in [0.05, 0.1) is 11.3 Å². The molecule has 0 aliphatic rings. The summed E-state index contributed by atoms with van der Waals surface area (Å²) in [6.07, 6.45) is 0. The predicted molar refractivity (Wildman–Crippen MR) is 91.5 cm³/mol. The highest BCUT2D eigenvalue weighted by Gasteiger charge is 2.17. The van der Waals surface area contributed by atoms with Crippen molar-refractivity contribution in [3.05, 3.63) is 64.1 Å². The molecule has 0 aliphatic heterocycles. The van der Waals surface area contributed by atoms with Crippen LogP contribution in [0.3, 0.4) is 0 Å². The number of hydrogen-bond acceptors (Lipinski definition) is 2. The first-order valence-corrected chi connectivity index (χ1v) is 7.65. The molecule has 0 radical (unpaired) electrons. The Bertz CT molecular complexity index is 710. The van der Waals surface area contributed by atoms with E-state index in [-0.39, 0.29) is 5.56 Å².